The number of nitro benzene ring substituents is 1. The van der Waals surface area contributed by atoms with Crippen LogP contribution in [0.3, 0.4) is 0 Å². The number of aryl methyl sites for hydroxylation is 4. The van der Waals surface area contributed by atoms with Gasteiger partial charge in [-0.1, -0.05) is 41.9 Å². The Morgan fingerprint density at radius 3 is 2.50 bits per heavy atom. The number of hydrogen-bond acceptors (Lipinski definition) is 11. The Labute approximate surface area is 356 Å². The molecule has 4 aromatic carbocycles. The molecule has 18 heteroatoms. The first-order valence-electron chi connectivity index (χ1n) is 18.8. The van der Waals surface area contributed by atoms with Crippen LogP contribution in [0, 0.1) is 24.0 Å². The van der Waals surface area contributed by atoms with Gasteiger partial charge >= 0.3 is 5.97 Å². The second-order valence-corrected chi connectivity index (χ2v) is 16.7. The number of benzene rings is 4. The molecule has 0 amide bonds. The minimum absolute atomic E-state index is 0.105. The van der Waals surface area contributed by atoms with E-state index in [-0.39, 0.29) is 42.4 Å². The zero-order valence-electron chi connectivity index (χ0n) is 33.4. The van der Waals surface area contributed by atoms with E-state index in [0.29, 0.717) is 68.3 Å². The van der Waals surface area contributed by atoms with Crippen LogP contribution in [0.15, 0.2) is 77.7 Å². The number of fused-ring (bicyclic) bond motifs is 2. The lowest BCUT2D eigenvalue weighted by Crippen LogP contribution is -2.22. The van der Waals surface area contributed by atoms with Crippen LogP contribution in [0.2, 0.25) is 5.02 Å². The smallest absolute Gasteiger partial charge is 0.354 e. The molecule has 0 aliphatic heterocycles. The molecule has 60 heavy (non-hydrogen) atoms. The highest BCUT2D eigenvalue weighted by Gasteiger charge is 2.30. The van der Waals surface area contributed by atoms with E-state index in [9.17, 15) is 33.5 Å². The number of hydrogen-bond donors (Lipinski definition) is 3. The van der Waals surface area contributed by atoms with Crippen molar-refractivity contribution < 1.29 is 33.1 Å². The van der Waals surface area contributed by atoms with Crippen molar-refractivity contribution in [2.24, 2.45) is 14.1 Å². The molecule has 0 saturated heterocycles. The Bertz CT molecular complexity index is 2890. The van der Waals surface area contributed by atoms with Crippen molar-refractivity contribution in [2.45, 2.75) is 50.4 Å². The number of carbonyl (C=O) groups excluding carboxylic acids is 1. The van der Waals surface area contributed by atoms with Crippen molar-refractivity contribution in [3.63, 3.8) is 0 Å². The molecule has 3 aromatic heterocycles. The molecule has 0 bridgehead atoms. The van der Waals surface area contributed by atoms with Gasteiger partial charge < -0.3 is 19.5 Å². The average Bonchev–Trinajstić information content (AvgIpc) is 3.82. The van der Waals surface area contributed by atoms with Crippen molar-refractivity contribution >= 4 is 73.3 Å². The molecule has 2 N–H and O–H groups in total. The van der Waals surface area contributed by atoms with Crippen molar-refractivity contribution in [3.8, 4) is 16.9 Å². The van der Waals surface area contributed by atoms with E-state index in [4.69, 9.17) is 16.3 Å². The first-order valence-corrected chi connectivity index (χ1v) is 21.3. The Morgan fingerprint density at radius 1 is 1.02 bits per heavy atom. The van der Waals surface area contributed by atoms with E-state index in [1.165, 1.54) is 19.2 Å². The number of halogens is 1. The summed E-state index contributed by atoms with van der Waals surface area (Å²) in [5.41, 5.74) is 5.01. The third kappa shape index (κ3) is 8.04. The van der Waals surface area contributed by atoms with Crippen LogP contribution in [0.25, 0.3) is 32.8 Å². The normalized spacial score (nSPS) is 11.6. The van der Waals surface area contributed by atoms with Crippen molar-refractivity contribution in [3.05, 3.63) is 128 Å². The summed E-state index contributed by atoms with van der Waals surface area (Å²) < 4.78 is 37.2. The molecule has 0 spiro atoms. The maximum atomic E-state index is 13.1. The van der Waals surface area contributed by atoms with E-state index in [1.54, 1.807) is 70.9 Å². The summed E-state index contributed by atoms with van der Waals surface area (Å²) in [7, 11) is 1.38. The van der Waals surface area contributed by atoms with E-state index in [1.807, 2.05) is 43.4 Å². The molecule has 0 saturated carbocycles. The number of rotatable bonds is 15. The van der Waals surface area contributed by atoms with Gasteiger partial charge in [0.2, 0.25) is 10.9 Å². The maximum Gasteiger partial charge on any atom is 0.354 e. The van der Waals surface area contributed by atoms with Gasteiger partial charge in [-0.15, -0.1) is 11.8 Å². The third-order valence-electron chi connectivity index (χ3n) is 10.6. The van der Waals surface area contributed by atoms with Crippen LogP contribution >= 0.6 is 23.4 Å². The predicted octanol–water partition coefficient (Wildman–Crippen LogP) is 7.40. The fourth-order valence-electron chi connectivity index (χ4n) is 7.71. The molecule has 0 aliphatic rings. The lowest BCUT2D eigenvalue weighted by molar-refractivity contribution is -0.384. The molecule has 0 radical (unpaired) electrons. The minimum Gasteiger partial charge on any atom is -0.507 e. The monoisotopic (exact) mass is 871 g/mol. The number of esters is 1. The van der Waals surface area contributed by atoms with Crippen molar-refractivity contribution in [1.82, 2.24) is 24.1 Å². The van der Waals surface area contributed by atoms with Crippen LogP contribution in [0.1, 0.15) is 50.8 Å². The predicted molar refractivity (Wildman–Crippen MR) is 232 cm³/mol. The quantitative estimate of drug-likeness (QED) is 0.0306. The number of phenols is 1. The highest BCUT2D eigenvalue weighted by molar-refractivity contribution is 7.98. The molecule has 0 atom stereocenters. The van der Waals surface area contributed by atoms with E-state index < -0.39 is 27.5 Å². The molecule has 0 aliphatic carbocycles. The zero-order chi connectivity index (χ0) is 43.0. The number of thioether (sulfide) groups is 1. The lowest BCUT2D eigenvalue weighted by atomic mass is 9.96. The summed E-state index contributed by atoms with van der Waals surface area (Å²) in [6, 6.07) is 21.2. The molecule has 0 unspecified atom stereocenters. The second kappa shape index (κ2) is 17.4. The fraction of sp³-hybridized carbons (Fsp3) is 0.262. The molecular weight excluding hydrogens is 830 g/mol. The number of aromatic nitrogens is 5. The number of aliphatic hydroxyl groups excluding tert-OH is 1. The summed E-state index contributed by atoms with van der Waals surface area (Å²) in [4.78, 5) is 26.0. The number of carbonyl (C=O) groups is 1. The summed E-state index contributed by atoms with van der Waals surface area (Å²) in [6.07, 6.45) is 0.615. The molecule has 7 rings (SSSR count). The van der Waals surface area contributed by atoms with Gasteiger partial charge in [0.25, 0.3) is 5.69 Å². The lowest BCUT2D eigenvalue weighted by Gasteiger charge is -2.18. The zero-order valence-corrected chi connectivity index (χ0v) is 35.8. The number of ether oxygens (including phenoxy) is 1. The van der Waals surface area contributed by atoms with Crippen LogP contribution in [0.4, 0.5) is 11.4 Å². The first kappa shape index (κ1) is 42.3. The molecular formula is C42H42ClN7O8S2. The van der Waals surface area contributed by atoms with Crippen LogP contribution in [-0.4, -0.2) is 67.4 Å². The Kier molecular flexibility index (Phi) is 12.2. The minimum atomic E-state index is -3.42. The number of thiol groups is 1. The fourth-order valence-corrected chi connectivity index (χ4v) is 9.55. The number of aromatic hydroxyl groups is 1. The van der Waals surface area contributed by atoms with Gasteiger partial charge in [0.05, 0.1) is 30.0 Å². The van der Waals surface area contributed by atoms with Gasteiger partial charge in [0, 0.05) is 94.2 Å². The first-order chi connectivity index (χ1) is 28.7. The van der Waals surface area contributed by atoms with Crippen LogP contribution < -0.4 is 4.31 Å². The summed E-state index contributed by atoms with van der Waals surface area (Å²) in [5, 5.41) is 44.7. The van der Waals surface area contributed by atoms with Crippen molar-refractivity contribution in [2.75, 3.05) is 18.0 Å². The number of anilines is 1. The van der Waals surface area contributed by atoms with Gasteiger partial charge in [-0.3, -0.25) is 23.8 Å². The molecule has 15 nitrogen and oxygen atoms in total. The Hall–Kier alpha value is -5.88. The number of aliphatic hydroxyl groups is 1. The van der Waals surface area contributed by atoms with Gasteiger partial charge in [-0.25, -0.2) is 13.2 Å². The van der Waals surface area contributed by atoms with Crippen LogP contribution in [0.5, 0.6) is 5.75 Å². The highest BCUT2D eigenvalue weighted by atomic mass is 35.5. The SMILES string of the molecule is COC(=O)c1c(C)c2c(-c3c(CN(c4ccc(Cc5cc(CSc6cc(O)c7ccccc7c6)n(C)n5)cc4[N+](=O)[O-])[SH](=O)=O)nn(C)c3C)c(Cl)ccc2n1CCCO. The number of nitrogens with zero attached hydrogens (tertiary/aromatic N) is 7. The number of methoxy groups -OCH3 is 1. The molecule has 7 aromatic rings. The Morgan fingerprint density at radius 2 is 1.78 bits per heavy atom. The van der Waals surface area contributed by atoms with Gasteiger partial charge in [0.15, 0.2) is 0 Å². The standard InChI is InChI=1S/C42H42ClN7O8S2/c1-24-38-35(48(15-8-16-51)41(24)42(53)58-5)14-12-32(43)40(38)39-25(2)46(3)45-33(39)22-49(60(56)57)34-13-11-26(18-36(34)50(54)55)17-28-20-29(47(4)44-28)23-59-30-19-27-9-6-7-10-31(27)37(52)21-30/h6-7,9-14,18-21,51-52,60H,8,15-17,22-23H2,1-5H3. The van der Waals surface area contributed by atoms with Gasteiger partial charge in [-0.05, 0) is 73.2 Å². The van der Waals surface area contributed by atoms with E-state index in [0.717, 1.165) is 25.7 Å². The summed E-state index contributed by atoms with van der Waals surface area (Å²) in [5.74, 6) is 0.192. The summed E-state index contributed by atoms with van der Waals surface area (Å²) >= 11 is 8.50. The average molecular weight is 872 g/mol. The van der Waals surface area contributed by atoms with E-state index in [2.05, 4.69) is 10.2 Å². The molecule has 3 heterocycles. The molecule has 312 valence electrons. The summed E-state index contributed by atoms with van der Waals surface area (Å²) in [6.45, 7) is 3.41. The van der Waals surface area contributed by atoms with E-state index >= 15 is 0 Å². The number of phenolic OH excluding ortho intramolecular Hbond substituents is 1. The van der Waals surface area contributed by atoms with Gasteiger partial charge in [0.1, 0.15) is 17.1 Å². The Balaban J connectivity index is 1.20. The van der Waals surface area contributed by atoms with Crippen LogP contribution in [-0.2, 0) is 55.0 Å². The number of nitro groups is 1. The second-order valence-electron chi connectivity index (χ2n) is 14.3. The highest BCUT2D eigenvalue weighted by Crippen LogP contribution is 2.43. The topological polar surface area (TPSA) is 188 Å². The molecule has 0 fully saturated rings. The third-order valence-corrected chi connectivity index (χ3v) is 12.7. The van der Waals surface area contributed by atoms with Crippen molar-refractivity contribution in [1.29, 1.82) is 0 Å². The maximum absolute atomic E-state index is 13.1. The largest absolute Gasteiger partial charge is 0.507 e. The van der Waals surface area contributed by atoms with Gasteiger partial charge in [-0.2, -0.15) is 10.2 Å².